The zero-order valence-electron chi connectivity index (χ0n) is 12.1. The lowest BCUT2D eigenvalue weighted by Crippen LogP contribution is -2.47. The highest BCUT2D eigenvalue weighted by molar-refractivity contribution is 7.88. The SMILES string of the molecule is CC1(NS(=O)(=O)Cc2cccc(C(=O)O)c2)CCCCC1. The highest BCUT2D eigenvalue weighted by atomic mass is 32.2. The monoisotopic (exact) mass is 311 g/mol. The predicted molar refractivity (Wildman–Crippen MR) is 80.7 cm³/mol. The molecule has 0 aliphatic heterocycles. The molecule has 0 amide bonds. The minimum absolute atomic E-state index is 0.103. The van der Waals surface area contributed by atoms with Gasteiger partial charge in [0, 0.05) is 5.54 Å². The van der Waals surface area contributed by atoms with Crippen LogP contribution in [0.2, 0.25) is 0 Å². The fourth-order valence-electron chi connectivity index (χ4n) is 2.86. The molecule has 2 rings (SSSR count). The first kappa shape index (κ1) is 16.0. The van der Waals surface area contributed by atoms with Gasteiger partial charge in [0.05, 0.1) is 11.3 Å². The van der Waals surface area contributed by atoms with Crippen LogP contribution in [0.5, 0.6) is 0 Å². The Morgan fingerprint density at radius 1 is 1.29 bits per heavy atom. The molecule has 5 nitrogen and oxygen atoms in total. The van der Waals surface area contributed by atoms with E-state index in [1.807, 2.05) is 6.92 Å². The van der Waals surface area contributed by atoms with Crippen molar-refractivity contribution >= 4 is 16.0 Å². The third kappa shape index (κ3) is 4.54. The summed E-state index contributed by atoms with van der Waals surface area (Å²) < 4.78 is 27.4. The molecule has 1 aliphatic rings. The van der Waals surface area contributed by atoms with Crippen LogP contribution < -0.4 is 4.72 Å². The van der Waals surface area contributed by atoms with E-state index in [1.54, 1.807) is 12.1 Å². The van der Waals surface area contributed by atoms with E-state index in [1.165, 1.54) is 12.1 Å². The van der Waals surface area contributed by atoms with Crippen LogP contribution in [0.4, 0.5) is 0 Å². The molecule has 0 aromatic heterocycles. The van der Waals surface area contributed by atoms with Crippen molar-refractivity contribution in [2.24, 2.45) is 0 Å². The number of nitrogens with one attached hydrogen (secondary N) is 1. The molecule has 2 N–H and O–H groups in total. The Morgan fingerprint density at radius 3 is 2.57 bits per heavy atom. The molecule has 1 saturated carbocycles. The largest absolute Gasteiger partial charge is 0.478 e. The Balaban J connectivity index is 2.10. The maximum absolute atomic E-state index is 12.3. The Labute approximate surface area is 125 Å². The lowest BCUT2D eigenvalue weighted by molar-refractivity contribution is 0.0696. The highest BCUT2D eigenvalue weighted by Gasteiger charge is 2.31. The number of aromatic carboxylic acids is 1. The smallest absolute Gasteiger partial charge is 0.335 e. The van der Waals surface area contributed by atoms with Crippen molar-refractivity contribution < 1.29 is 18.3 Å². The molecule has 1 aliphatic carbocycles. The fourth-order valence-corrected chi connectivity index (χ4v) is 4.50. The van der Waals surface area contributed by atoms with Crippen molar-refractivity contribution in [1.29, 1.82) is 0 Å². The second-order valence-electron chi connectivity index (χ2n) is 5.99. The van der Waals surface area contributed by atoms with Crippen molar-refractivity contribution in [2.45, 2.75) is 50.3 Å². The summed E-state index contributed by atoms with van der Waals surface area (Å²) in [6.45, 7) is 1.94. The molecule has 0 atom stereocenters. The average molecular weight is 311 g/mol. The van der Waals surface area contributed by atoms with Crippen LogP contribution in [0.15, 0.2) is 24.3 Å². The van der Waals surface area contributed by atoms with E-state index in [2.05, 4.69) is 4.72 Å². The number of rotatable bonds is 5. The first-order chi connectivity index (χ1) is 9.80. The molecule has 0 heterocycles. The molecule has 0 unspecified atom stereocenters. The fraction of sp³-hybridized carbons (Fsp3) is 0.533. The number of hydrogen-bond donors (Lipinski definition) is 2. The van der Waals surface area contributed by atoms with E-state index in [4.69, 9.17) is 5.11 Å². The molecule has 0 radical (unpaired) electrons. The Hall–Kier alpha value is -1.40. The highest BCUT2D eigenvalue weighted by Crippen LogP contribution is 2.28. The number of carboxylic acids is 1. The zero-order valence-corrected chi connectivity index (χ0v) is 12.9. The first-order valence-corrected chi connectivity index (χ1v) is 8.79. The van der Waals surface area contributed by atoms with Crippen molar-refractivity contribution in [3.63, 3.8) is 0 Å². The normalized spacial score (nSPS) is 18.3. The van der Waals surface area contributed by atoms with Crippen LogP contribution >= 0.6 is 0 Å². The van der Waals surface area contributed by atoms with Gasteiger partial charge in [-0.05, 0) is 37.5 Å². The van der Waals surface area contributed by atoms with Crippen LogP contribution in [0, 0.1) is 0 Å². The summed E-state index contributed by atoms with van der Waals surface area (Å²) in [5, 5.41) is 8.94. The van der Waals surface area contributed by atoms with E-state index in [-0.39, 0.29) is 16.9 Å². The first-order valence-electron chi connectivity index (χ1n) is 7.14. The molecule has 1 aromatic carbocycles. The number of carbonyl (C=O) groups is 1. The molecule has 1 fully saturated rings. The average Bonchev–Trinajstić information content (AvgIpc) is 2.37. The summed E-state index contributed by atoms with van der Waals surface area (Å²) in [5.41, 5.74) is 0.218. The van der Waals surface area contributed by atoms with Gasteiger partial charge in [0.2, 0.25) is 10.0 Å². The van der Waals surface area contributed by atoms with E-state index < -0.39 is 16.0 Å². The van der Waals surface area contributed by atoms with Gasteiger partial charge in [0.25, 0.3) is 0 Å². The minimum atomic E-state index is -3.48. The zero-order chi connectivity index (χ0) is 15.5. The van der Waals surface area contributed by atoms with Crippen LogP contribution in [-0.4, -0.2) is 25.0 Å². The van der Waals surface area contributed by atoms with E-state index in [0.717, 1.165) is 32.1 Å². The van der Waals surface area contributed by atoms with Crippen molar-refractivity contribution in [1.82, 2.24) is 4.72 Å². The van der Waals surface area contributed by atoms with Gasteiger partial charge in [-0.3, -0.25) is 0 Å². The van der Waals surface area contributed by atoms with Crippen LogP contribution in [0.1, 0.15) is 54.9 Å². The molecule has 0 saturated heterocycles. The van der Waals surface area contributed by atoms with Crippen LogP contribution in [0.25, 0.3) is 0 Å². The Kier molecular flexibility index (Phi) is 4.68. The number of sulfonamides is 1. The van der Waals surface area contributed by atoms with E-state index in [0.29, 0.717) is 5.56 Å². The van der Waals surface area contributed by atoms with Gasteiger partial charge in [-0.2, -0.15) is 0 Å². The van der Waals surface area contributed by atoms with Gasteiger partial charge in [0.15, 0.2) is 0 Å². The maximum Gasteiger partial charge on any atom is 0.335 e. The van der Waals surface area contributed by atoms with Gasteiger partial charge in [-0.25, -0.2) is 17.9 Å². The summed E-state index contributed by atoms with van der Waals surface area (Å²) in [4.78, 5) is 10.9. The lowest BCUT2D eigenvalue weighted by Gasteiger charge is -2.34. The van der Waals surface area contributed by atoms with E-state index in [9.17, 15) is 13.2 Å². The third-order valence-electron chi connectivity index (χ3n) is 3.89. The molecule has 116 valence electrons. The summed E-state index contributed by atoms with van der Waals surface area (Å²) >= 11 is 0. The lowest BCUT2D eigenvalue weighted by atomic mass is 9.84. The Morgan fingerprint density at radius 2 is 1.95 bits per heavy atom. The molecule has 1 aromatic rings. The summed E-state index contributed by atoms with van der Waals surface area (Å²) in [6.07, 6.45) is 4.92. The molecule has 21 heavy (non-hydrogen) atoms. The molecule has 0 bridgehead atoms. The van der Waals surface area contributed by atoms with Gasteiger partial charge in [-0.15, -0.1) is 0 Å². The molecular weight excluding hydrogens is 290 g/mol. The standard InChI is InChI=1S/C15H21NO4S/c1-15(8-3-2-4-9-15)16-21(19,20)11-12-6-5-7-13(10-12)14(17)18/h5-7,10,16H,2-4,8-9,11H2,1H3,(H,17,18). The number of hydrogen-bond acceptors (Lipinski definition) is 3. The van der Waals surface area contributed by atoms with Crippen molar-refractivity contribution in [3.05, 3.63) is 35.4 Å². The topological polar surface area (TPSA) is 83.5 Å². The van der Waals surface area contributed by atoms with Gasteiger partial charge >= 0.3 is 5.97 Å². The van der Waals surface area contributed by atoms with Gasteiger partial charge in [-0.1, -0.05) is 31.4 Å². The van der Waals surface area contributed by atoms with Crippen molar-refractivity contribution in [3.8, 4) is 0 Å². The van der Waals surface area contributed by atoms with Crippen LogP contribution in [-0.2, 0) is 15.8 Å². The predicted octanol–water partition coefficient (Wildman–Crippen LogP) is 2.53. The minimum Gasteiger partial charge on any atom is -0.478 e. The Bertz CT molecular complexity index is 618. The number of benzene rings is 1. The van der Waals surface area contributed by atoms with Gasteiger partial charge in [0.1, 0.15) is 0 Å². The van der Waals surface area contributed by atoms with Crippen molar-refractivity contribution in [2.75, 3.05) is 0 Å². The van der Waals surface area contributed by atoms with E-state index >= 15 is 0 Å². The quantitative estimate of drug-likeness (QED) is 0.875. The number of carboxylic acid groups (broad SMARTS) is 1. The maximum atomic E-state index is 12.3. The molecular formula is C15H21NO4S. The summed E-state index contributed by atoms with van der Waals surface area (Å²) in [6, 6.07) is 6.06. The second-order valence-corrected chi connectivity index (χ2v) is 7.71. The van der Waals surface area contributed by atoms with Crippen LogP contribution in [0.3, 0.4) is 0 Å². The van der Waals surface area contributed by atoms with Gasteiger partial charge < -0.3 is 5.11 Å². The summed E-state index contributed by atoms with van der Waals surface area (Å²) in [7, 11) is -3.48. The molecule has 6 heteroatoms. The third-order valence-corrected chi connectivity index (χ3v) is 5.41. The summed E-state index contributed by atoms with van der Waals surface area (Å²) in [5.74, 6) is -1.24. The second kappa shape index (κ2) is 6.15. The molecule has 0 spiro atoms.